The molecule has 1 amide bonds. The highest BCUT2D eigenvalue weighted by atomic mass is 32.2. The number of aryl methyl sites for hydroxylation is 1. The van der Waals surface area contributed by atoms with Crippen LogP contribution in [0.4, 0.5) is 13.2 Å². The van der Waals surface area contributed by atoms with Crippen molar-refractivity contribution in [1.29, 1.82) is 0 Å². The van der Waals surface area contributed by atoms with E-state index in [4.69, 9.17) is 4.84 Å². The summed E-state index contributed by atoms with van der Waals surface area (Å²) in [6.45, 7) is 3.98. The molecular weight excluding hydrogens is 585 g/mol. The highest BCUT2D eigenvalue weighted by Crippen LogP contribution is 2.33. The van der Waals surface area contributed by atoms with Gasteiger partial charge in [0.15, 0.2) is 5.69 Å². The van der Waals surface area contributed by atoms with Crippen LogP contribution in [0, 0.1) is 18.0 Å². The van der Waals surface area contributed by atoms with E-state index in [1.807, 2.05) is 11.6 Å². The van der Waals surface area contributed by atoms with Gasteiger partial charge < -0.3 is 9.94 Å². The van der Waals surface area contributed by atoms with Crippen LogP contribution in [0.2, 0.25) is 0 Å². The fraction of sp³-hybridized carbons (Fsp3) is 0.320. The molecule has 42 heavy (non-hydrogen) atoms. The van der Waals surface area contributed by atoms with E-state index in [-0.39, 0.29) is 34.3 Å². The zero-order valence-electron chi connectivity index (χ0n) is 22.4. The highest BCUT2D eigenvalue weighted by Gasteiger charge is 2.40. The zero-order valence-corrected chi connectivity index (χ0v) is 23.2. The first-order valence-electron chi connectivity index (χ1n) is 12.3. The molecule has 1 saturated heterocycles. The van der Waals surface area contributed by atoms with E-state index in [0.717, 1.165) is 40.4 Å². The fourth-order valence-electron chi connectivity index (χ4n) is 3.86. The molecule has 1 aromatic heterocycles. The Kier molecular flexibility index (Phi) is 8.42. The zero-order chi connectivity index (χ0) is 30.8. The van der Waals surface area contributed by atoms with Crippen molar-refractivity contribution >= 4 is 21.9 Å². The van der Waals surface area contributed by atoms with Gasteiger partial charge in [0, 0.05) is 19.4 Å². The number of sulfonamides is 1. The first-order chi connectivity index (χ1) is 19.6. The molecule has 0 aliphatic carbocycles. The van der Waals surface area contributed by atoms with Crippen LogP contribution >= 0.6 is 0 Å². The van der Waals surface area contributed by atoms with E-state index >= 15 is 0 Å². The predicted molar refractivity (Wildman–Crippen MR) is 137 cm³/mol. The first kappa shape index (κ1) is 30.3. The average molecular weight is 611 g/mol. The van der Waals surface area contributed by atoms with Gasteiger partial charge in [0.25, 0.3) is 16.3 Å². The smallest absolute Gasteiger partial charge is 0.435 e. The van der Waals surface area contributed by atoms with Crippen LogP contribution in [0.1, 0.15) is 25.1 Å². The summed E-state index contributed by atoms with van der Waals surface area (Å²) in [5.41, 5.74) is 0.563. The van der Waals surface area contributed by atoms with Crippen molar-refractivity contribution in [2.45, 2.75) is 38.1 Å². The van der Waals surface area contributed by atoms with Gasteiger partial charge in [-0.2, -0.15) is 18.3 Å². The Morgan fingerprint density at radius 1 is 1.14 bits per heavy atom. The Morgan fingerprint density at radius 2 is 1.76 bits per heavy atom. The molecule has 3 aromatic rings. The topological polar surface area (TPSA) is 158 Å². The number of rotatable bonds is 9. The van der Waals surface area contributed by atoms with Gasteiger partial charge in [-0.15, -0.1) is 5.01 Å². The first-order valence-corrected chi connectivity index (χ1v) is 13.8. The molecule has 1 fully saturated rings. The highest BCUT2D eigenvalue weighted by molar-refractivity contribution is 7.90. The molecule has 4 rings (SSSR count). The van der Waals surface area contributed by atoms with Crippen molar-refractivity contribution in [3.05, 3.63) is 71.1 Å². The number of hydrogen-bond donors (Lipinski definition) is 1. The van der Waals surface area contributed by atoms with Crippen LogP contribution < -0.4 is 4.72 Å². The van der Waals surface area contributed by atoms with Crippen LogP contribution in [0.25, 0.3) is 16.9 Å². The Labute approximate surface area is 237 Å². The van der Waals surface area contributed by atoms with E-state index in [1.165, 1.54) is 19.1 Å². The molecule has 0 radical (unpaired) electrons. The summed E-state index contributed by atoms with van der Waals surface area (Å²) in [6, 6.07) is 12.5. The lowest BCUT2D eigenvalue weighted by Crippen LogP contribution is -2.56. The maximum Gasteiger partial charge on any atom is 0.435 e. The summed E-state index contributed by atoms with van der Waals surface area (Å²) in [5, 5.41) is 19.8. The van der Waals surface area contributed by atoms with Crippen molar-refractivity contribution in [2.24, 2.45) is 11.2 Å². The maximum absolute atomic E-state index is 13.5. The molecule has 17 heteroatoms. The number of alkyl halides is 3. The number of hydrazine groups is 1. The second-order valence-corrected chi connectivity index (χ2v) is 11.0. The molecule has 224 valence electrons. The molecule has 0 bridgehead atoms. The van der Waals surface area contributed by atoms with Gasteiger partial charge in [-0.25, -0.2) is 17.8 Å². The number of aromatic nitrogens is 2. The SMILES string of the molecule is CC(=O)OC(C)O/N=[N+](/[O-])N1CC(C(=O)NS(=O)(=O)c2ccc(-n3nc(C(F)(F)F)cc3-c3ccc(C)cc3)cc2)C1. The lowest BCUT2D eigenvalue weighted by atomic mass is 10.0. The Balaban J connectivity index is 1.44. The quantitative estimate of drug-likeness (QED) is 0.126. The van der Waals surface area contributed by atoms with Crippen molar-refractivity contribution < 1.29 is 45.7 Å². The Bertz CT molecular complexity index is 1600. The van der Waals surface area contributed by atoms with E-state index < -0.39 is 46.0 Å². The summed E-state index contributed by atoms with van der Waals surface area (Å²) in [7, 11) is -4.35. The molecule has 0 saturated carbocycles. The standard InChI is InChI=1S/C25H25F3N6O7S/c1-15-4-6-18(7-5-15)22-12-23(25(26,27)28)29-33(22)20-8-10-21(11-9-20)42(38,39)30-24(36)19-13-32(14-19)34(37)31-41-17(3)40-16(2)35/h4-12,17,19H,13-14H2,1-3H3,(H,30,36)/b34-31+. The predicted octanol–water partition coefficient (Wildman–Crippen LogP) is 3.32. The molecule has 1 N–H and O–H groups in total. The summed E-state index contributed by atoms with van der Waals surface area (Å²) in [4.78, 5) is 27.8. The second-order valence-electron chi connectivity index (χ2n) is 9.34. The number of nitrogens with zero attached hydrogens (tertiary/aromatic N) is 5. The van der Waals surface area contributed by atoms with Crippen molar-refractivity contribution in [3.8, 4) is 16.9 Å². The lowest BCUT2D eigenvalue weighted by molar-refractivity contribution is -0.727. The van der Waals surface area contributed by atoms with Gasteiger partial charge in [0.05, 0.1) is 40.3 Å². The molecular formula is C25H25F3N6O7S. The van der Waals surface area contributed by atoms with Crippen LogP contribution in [0.15, 0.2) is 64.8 Å². The lowest BCUT2D eigenvalue weighted by Gasteiger charge is -2.32. The van der Waals surface area contributed by atoms with Gasteiger partial charge in [-0.3, -0.25) is 14.4 Å². The number of carbonyl (C=O) groups excluding carboxylic acids is 2. The van der Waals surface area contributed by atoms with Crippen molar-refractivity contribution in [2.75, 3.05) is 13.1 Å². The van der Waals surface area contributed by atoms with Crippen molar-refractivity contribution in [3.63, 3.8) is 0 Å². The molecule has 13 nitrogen and oxygen atoms in total. The van der Waals surface area contributed by atoms with Crippen LogP contribution in [-0.2, 0) is 35.4 Å². The minimum Gasteiger partial charge on any atom is -0.569 e. The maximum atomic E-state index is 13.5. The molecule has 1 aliphatic heterocycles. The molecule has 2 heterocycles. The monoisotopic (exact) mass is 610 g/mol. The van der Waals surface area contributed by atoms with Gasteiger partial charge >= 0.3 is 12.1 Å². The summed E-state index contributed by atoms with van der Waals surface area (Å²) < 4.78 is 73.6. The third-order valence-corrected chi connectivity index (χ3v) is 7.41. The van der Waals surface area contributed by atoms with E-state index in [1.54, 1.807) is 24.3 Å². The number of carbonyl (C=O) groups is 2. The van der Waals surface area contributed by atoms with Crippen LogP contribution in [0.5, 0.6) is 0 Å². The molecule has 1 unspecified atom stereocenters. The third kappa shape index (κ3) is 6.96. The summed E-state index contributed by atoms with van der Waals surface area (Å²) >= 11 is 0. The fourth-order valence-corrected chi connectivity index (χ4v) is 4.91. The van der Waals surface area contributed by atoms with Gasteiger partial charge in [0.2, 0.25) is 11.2 Å². The minimum absolute atomic E-state index is 0.0430. The Hall–Kier alpha value is -4.67. The summed E-state index contributed by atoms with van der Waals surface area (Å²) in [5.74, 6) is -2.38. The van der Waals surface area contributed by atoms with Crippen molar-refractivity contribution in [1.82, 2.24) is 19.5 Å². The van der Waals surface area contributed by atoms with E-state index in [9.17, 15) is 36.4 Å². The molecule has 1 aliphatic rings. The van der Waals surface area contributed by atoms with E-state index in [0.29, 0.717) is 5.56 Å². The van der Waals surface area contributed by atoms with Crippen LogP contribution in [0.3, 0.4) is 0 Å². The number of esters is 1. The average Bonchev–Trinajstić information content (AvgIpc) is 3.33. The largest absolute Gasteiger partial charge is 0.569 e. The number of benzene rings is 2. The number of amides is 1. The number of hydrogen-bond acceptors (Lipinski definition) is 9. The number of nitrogens with one attached hydrogen (secondary N) is 1. The van der Waals surface area contributed by atoms with Gasteiger partial charge in [-0.05, 0) is 37.3 Å². The number of halogens is 3. The molecule has 1 atom stereocenters. The molecule has 2 aromatic carbocycles. The number of ether oxygens (including phenoxy) is 1. The second kappa shape index (κ2) is 11.7. The van der Waals surface area contributed by atoms with Gasteiger partial charge in [-0.1, -0.05) is 29.8 Å². The summed E-state index contributed by atoms with van der Waals surface area (Å²) in [6.07, 6.45) is -5.83. The van der Waals surface area contributed by atoms with Gasteiger partial charge in [0.1, 0.15) is 0 Å². The van der Waals surface area contributed by atoms with Crippen LogP contribution in [-0.4, -0.2) is 59.4 Å². The van der Waals surface area contributed by atoms with E-state index in [2.05, 4.69) is 15.1 Å². The minimum atomic E-state index is -4.71. The Morgan fingerprint density at radius 3 is 2.33 bits per heavy atom. The normalized spacial score (nSPS) is 15.1. The third-order valence-electron chi connectivity index (χ3n) is 6.05. The molecule has 0 spiro atoms.